The van der Waals surface area contributed by atoms with Crippen LogP contribution in [0.3, 0.4) is 0 Å². The van der Waals surface area contributed by atoms with Gasteiger partial charge >= 0.3 is 0 Å². The molecule has 0 aromatic heterocycles. The molecule has 2 fully saturated rings. The molecule has 0 saturated heterocycles. The minimum absolute atomic E-state index is 0.302. The molecule has 1 unspecified atom stereocenters. The van der Waals surface area contributed by atoms with Crippen molar-refractivity contribution in [1.29, 1.82) is 0 Å². The quantitative estimate of drug-likeness (QED) is 0.456. The van der Waals surface area contributed by atoms with Crippen LogP contribution >= 0.6 is 0 Å². The molecule has 3 aliphatic rings. The molecule has 0 nitrogen and oxygen atoms in total. The summed E-state index contributed by atoms with van der Waals surface area (Å²) in [7, 11) is 0. The molecule has 0 heteroatoms. The third-order valence-corrected chi connectivity index (χ3v) is 9.39. The van der Waals surface area contributed by atoms with Crippen molar-refractivity contribution in [1.82, 2.24) is 0 Å². The van der Waals surface area contributed by atoms with Gasteiger partial charge in [-0.05, 0) is 109 Å². The van der Waals surface area contributed by atoms with E-state index in [1.165, 1.54) is 48.8 Å². The van der Waals surface area contributed by atoms with E-state index in [2.05, 4.69) is 67.5 Å². The molecule has 0 bridgehead atoms. The first-order chi connectivity index (χ1) is 12.0. The fraction of sp³-hybridized carbons (Fsp3) is 0.692. The average molecular weight is 351 g/mol. The van der Waals surface area contributed by atoms with Crippen LogP contribution in [0, 0.1) is 50.4 Å². The second-order valence-electron chi connectivity index (χ2n) is 11.0. The molecular formula is C26H38. The van der Waals surface area contributed by atoms with Gasteiger partial charge < -0.3 is 0 Å². The lowest BCUT2D eigenvalue weighted by molar-refractivity contribution is -0.0877. The van der Waals surface area contributed by atoms with Gasteiger partial charge in [0.1, 0.15) is 0 Å². The molecule has 142 valence electrons. The van der Waals surface area contributed by atoms with Crippen molar-refractivity contribution in [2.45, 2.75) is 92.9 Å². The van der Waals surface area contributed by atoms with Gasteiger partial charge in [0.15, 0.2) is 0 Å². The first kappa shape index (κ1) is 18.3. The fourth-order valence-electron chi connectivity index (χ4n) is 7.78. The summed E-state index contributed by atoms with van der Waals surface area (Å²) in [4.78, 5) is 0. The van der Waals surface area contributed by atoms with Crippen LogP contribution in [0.2, 0.25) is 0 Å². The Bertz CT molecular complexity index is 793. The zero-order valence-corrected chi connectivity index (χ0v) is 18.3. The normalized spacial score (nSPS) is 37.7. The summed E-state index contributed by atoms with van der Waals surface area (Å²) in [6.07, 6.45) is 12.1. The van der Waals surface area contributed by atoms with Gasteiger partial charge in [-0.15, -0.1) is 0 Å². The summed E-state index contributed by atoms with van der Waals surface area (Å²) in [6.45, 7) is 19.7. The second kappa shape index (κ2) is 5.49. The van der Waals surface area contributed by atoms with E-state index in [1.54, 1.807) is 16.7 Å². The Morgan fingerprint density at radius 1 is 0.808 bits per heavy atom. The maximum atomic E-state index is 2.64. The van der Waals surface area contributed by atoms with Crippen LogP contribution in [0.15, 0.2) is 6.08 Å². The molecule has 4 atom stereocenters. The van der Waals surface area contributed by atoms with Gasteiger partial charge in [-0.1, -0.05) is 46.3 Å². The zero-order chi connectivity index (χ0) is 19.1. The van der Waals surface area contributed by atoms with Crippen molar-refractivity contribution in [2.24, 2.45) is 22.7 Å². The first-order valence-electron chi connectivity index (χ1n) is 10.8. The fourth-order valence-corrected chi connectivity index (χ4v) is 7.78. The Labute approximate surface area is 161 Å². The molecule has 1 aromatic carbocycles. The molecule has 0 N–H and O–H groups in total. The van der Waals surface area contributed by atoms with Gasteiger partial charge in [-0.2, -0.15) is 0 Å². The maximum absolute atomic E-state index is 2.64. The van der Waals surface area contributed by atoms with Gasteiger partial charge in [0.05, 0.1) is 0 Å². The van der Waals surface area contributed by atoms with E-state index in [0.29, 0.717) is 22.2 Å². The minimum Gasteiger partial charge on any atom is -0.0794 e. The highest BCUT2D eigenvalue weighted by Gasteiger charge is 2.59. The van der Waals surface area contributed by atoms with Crippen LogP contribution in [0.25, 0.3) is 6.08 Å². The topological polar surface area (TPSA) is 0 Å². The Morgan fingerprint density at radius 3 is 2.15 bits per heavy atom. The molecular weight excluding hydrogens is 312 g/mol. The SMILES string of the molecule is Cc1c(C)c(C)c2c(c1C)C=C[C@H]1[C@@]2(C)CCC2C(C)(C)CCC[C@@]21C. The van der Waals surface area contributed by atoms with Crippen LogP contribution in [0.4, 0.5) is 0 Å². The van der Waals surface area contributed by atoms with Crippen LogP contribution < -0.4 is 0 Å². The number of hydrogen-bond acceptors (Lipinski definition) is 0. The van der Waals surface area contributed by atoms with Crippen LogP contribution in [0.1, 0.15) is 93.2 Å². The molecule has 2 saturated carbocycles. The second-order valence-corrected chi connectivity index (χ2v) is 11.0. The summed E-state index contributed by atoms with van der Waals surface area (Å²) in [5.74, 6) is 1.54. The predicted molar refractivity (Wildman–Crippen MR) is 114 cm³/mol. The van der Waals surface area contributed by atoms with Gasteiger partial charge in [0.2, 0.25) is 0 Å². The highest BCUT2D eigenvalue weighted by atomic mass is 14.6. The number of benzene rings is 1. The van der Waals surface area contributed by atoms with Gasteiger partial charge in [0.25, 0.3) is 0 Å². The number of hydrogen-bond donors (Lipinski definition) is 0. The number of allylic oxidation sites excluding steroid dienone is 1. The molecule has 26 heavy (non-hydrogen) atoms. The molecule has 3 aliphatic carbocycles. The van der Waals surface area contributed by atoms with Crippen molar-refractivity contribution >= 4 is 6.08 Å². The Kier molecular flexibility index (Phi) is 3.87. The first-order valence-corrected chi connectivity index (χ1v) is 10.8. The predicted octanol–water partition coefficient (Wildman–Crippen LogP) is 7.45. The number of rotatable bonds is 0. The molecule has 0 spiro atoms. The van der Waals surface area contributed by atoms with Crippen molar-refractivity contribution in [2.75, 3.05) is 0 Å². The van der Waals surface area contributed by atoms with Crippen molar-refractivity contribution in [3.05, 3.63) is 39.5 Å². The standard InChI is InChI=1S/C26H38/c1-16-17(2)19(4)23-20(18(16)3)10-11-22-25(7)14-9-13-24(5,6)21(25)12-15-26(22,23)8/h10-11,21-22H,9,12-15H2,1-8H3/t21?,22-,25+,26-/m1/s1. The summed E-state index contributed by atoms with van der Waals surface area (Å²) in [5.41, 5.74) is 10.6. The molecule has 1 aromatic rings. The molecule has 0 radical (unpaired) electrons. The maximum Gasteiger partial charge on any atom is 0.000173 e. The summed E-state index contributed by atoms with van der Waals surface area (Å²) < 4.78 is 0. The summed E-state index contributed by atoms with van der Waals surface area (Å²) in [6, 6.07) is 0. The van der Waals surface area contributed by atoms with Crippen LogP contribution in [-0.4, -0.2) is 0 Å². The van der Waals surface area contributed by atoms with Crippen molar-refractivity contribution < 1.29 is 0 Å². The Morgan fingerprint density at radius 2 is 1.46 bits per heavy atom. The monoisotopic (exact) mass is 350 g/mol. The highest BCUT2D eigenvalue weighted by Crippen LogP contribution is 2.66. The van der Waals surface area contributed by atoms with E-state index in [-0.39, 0.29) is 0 Å². The molecule has 0 aliphatic heterocycles. The third-order valence-electron chi connectivity index (χ3n) is 9.39. The largest absolute Gasteiger partial charge is 0.0794 e. The van der Waals surface area contributed by atoms with E-state index >= 15 is 0 Å². The van der Waals surface area contributed by atoms with Gasteiger partial charge in [-0.25, -0.2) is 0 Å². The van der Waals surface area contributed by atoms with Crippen molar-refractivity contribution in [3.63, 3.8) is 0 Å². The Balaban J connectivity index is 1.93. The van der Waals surface area contributed by atoms with E-state index in [1.807, 2.05) is 0 Å². The highest BCUT2D eigenvalue weighted by molar-refractivity contribution is 5.69. The lowest BCUT2D eigenvalue weighted by Gasteiger charge is -2.63. The lowest BCUT2D eigenvalue weighted by Crippen LogP contribution is -2.56. The minimum atomic E-state index is 0.302. The van der Waals surface area contributed by atoms with Crippen LogP contribution in [0.5, 0.6) is 0 Å². The van der Waals surface area contributed by atoms with Crippen LogP contribution in [-0.2, 0) is 5.41 Å². The Hall–Kier alpha value is -1.04. The third kappa shape index (κ3) is 2.14. The van der Waals surface area contributed by atoms with E-state index < -0.39 is 0 Å². The average Bonchev–Trinajstić information content (AvgIpc) is 2.56. The van der Waals surface area contributed by atoms with Crippen molar-refractivity contribution in [3.8, 4) is 0 Å². The smallest absolute Gasteiger partial charge is 0.000173 e. The van der Waals surface area contributed by atoms with Gasteiger partial charge in [-0.3, -0.25) is 0 Å². The molecule has 0 heterocycles. The lowest BCUT2D eigenvalue weighted by atomic mass is 9.41. The zero-order valence-electron chi connectivity index (χ0n) is 18.3. The van der Waals surface area contributed by atoms with E-state index in [4.69, 9.17) is 0 Å². The van der Waals surface area contributed by atoms with Gasteiger partial charge in [0, 0.05) is 5.41 Å². The molecule has 4 rings (SSSR count). The van der Waals surface area contributed by atoms with E-state index in [9.17, 15) is 0 Å². The van der Waals surface area contributed by atoms with E-state index in [0.717, 1.165) is 5.92 Å². The summed E-state index contributed by atoms with van der Waals surface area (Å²) >= 11 is 0. The summed E-state index contributed by atoms with van der Waals surface area (Å²) in [5, 5.41) is 0. The number of fused-ring (bicyclic) bond motifs is 5. The molecule has 0 amide bonds.